The topological polar surface area (TPSA) is 95.7 Å². The van der Waals surface area contributed by atoms with E-state index in [0.29, 0.717) is 11.1 Å². The van der Waals surface area contributed by atoms with Gasteiger partial charge in [-0.15, -0.1) is 0 Å². The van der Waals surface area contributed by atoms with Gasteiger partial charge in [0.15, 0.2) is 0 Å². The van der Waals surface area contributed by atoms with E-state index in [1.807, 2.05) is 17.0 Å². The third kappa shape index (κ3) is 3.51. The van der Waals surface area contributed by atoms with E-state index >= 15 is 0 Å². The van der Waals surface area contributed by atoms with E-state index in [4.69, 9.17) is 0 Å². The van der Waals surface area contributed by atoms with Crippen LogP contribution in [0.25, 0.3) is 0 Å². The number of carbonyl (C=O) groups excluding carboxylic acids is 1. The molecule has 2 aromatic carbocycles. The van der Waals surface area contributed by atoms with Crippen LogP contribution in [0, 0.1) is 16.0 Å². The molecule has 0 radical (unpaired) electrons. The molecule has 1 amide bonds. The lowest BCUT2D eigenvalue weighted by Crippen LogP contribution is -2.35. The first-order valence-corrected chi connectivity index (χ1v) is 11.4. The zero-order valence-corrected chi connectivity index (χ0v) is 17.9. The molecule has 2 heterocycles. The molecule has 1 aliphatic carbocycles. The molecule has 7 heteroatoms. The number of likely N-dealkylation sites (tertiary alicyclic amines) is 1. The number of hydrogen-bond donors (Lipinski definition) is 2. The maximum absolute atomic E-state index is 13.5. The Morgan fingerprint density at radius 3 is 2.62 bits per heavy atom. The second-order valence-corrected chi connectivity index (χ2v) is 8.95. The number of non-ortho nitro benzene ring substituents is 1. The third-order valence-electron chi connectivity index (χ3n) is 7.08. The number of nitro benzene ring substituents is 1. The van der Waals surface area contributed by atoms with E-state index < -0.39 is 4.92 Å². The van der Waals surface area contributed by atoms with Gasteiger partial charge < -0.3 is 15.3 Å². The fourth-order valence-electron chi connectivity index (χ4n) is 5.46. The Morgan fingerprint density at radius 1 is 1.09 bits per heavy atom. The summed E-state index contributed by atoms with van der Waals surface area (Å²) in [6.45, 7) is 1.53. The highest BCUT2D eigenvalue weighted by atomic mass is 16.6. The molecule has 3 unspecified atom stereocenters. The number of nitro groups is 1. The molecule has 2 aromatic rings. The monoisotopic (exact) mass is 433 g/mol. The predicted molar refractivity (Wildman–Crippen MR) is 122 cm³/mol. The first kappa shape index (κ1) is 20.5. The molecule has 3 atom stereocenters. The summed E-state index contributed by atoms with van der Waals surface area (Å²) < 4.78 is 0. The summed E-state index contributed by atoms with van der Waals surface area (Å²) in [4.78, 5) is 26.4. The first-order valence-electron chi connectivity index (χ1n) is 11.4. The third-order valence-corrected chi connectivity index (χ3v) is 7.08. The lowest BCUT2D eigenvalue weighted by atomic mass is 9.76. The van der Waals surface area contributed by atoms with Crippen LogP contribution in [-0.2, 0) is 0 Å². The second-order valence-electron chi connectivity index (χ2n) is 8.95. The standard InChI is InChI=1S/C25H27N3O4/c29-22-12-11-16(28(31)32)15-21(22)24-19-8-5-7-17(19)18-9-6-10-20(23(18)26-24)25(30)27-13-3-1-2-4-14-27/h5-7,9-12,15,17,19,24,26,29H,1-4,8,13-14H2. The summed E-state index contributed by atoms with van der Waals surface area (Å²) in [7, 11) is 0. The minimum Gasteiger partial charge on any atom is -0.508 e. The van der Waals surface area contributed by atoms with E-state index in [0.717, 1.165) is 56.4 Å². The fraction of sp³-hybridized carbons (Fsp3) is 0.400. The Kier molecular flexibility index (Phi) is 5.33. The average Bonchev–Trinajstić information content (AvgIpc) is 3.13. The summed E-state index contributed by atoms with van der Waals surface area (Å²) >= 11 is 0. The number of fused-ring (bicyclic) bond motifs is 3. The number of benzene rings is 2. The highest BCUT2D eigenvalue weighted by Crippen LogP contribution is 2.52. The first-order chi connectivity index (χ1) is 15.5. The molecule has 5 rings (SSSR count). The number of nitrogens with zero attached hydrogens (tertiary/aromatic N) is 2. The lowest BCUT2D eigenvalue weighted by Gasteiger charge is -2.38. The van der Waals surface area contributed by atoms with Crippen molar-refractivity contribution in [1.29, 1.82) is 0 Å². The average molecular weight is 434 g/mol. The number of aromatic hydroxyl groups is 1. The van der Waals surface area contributed by atoms with Crippen molar-refractivity contribution in [2.75, 3.05) is 18.4 Å². The number of hydrogen-bond acceptors (Lipinski definition) is 5. The van der Waals surface area contributed by atoms with Gasteiger partial charge in [0.1, 0.15) is 5.75 Å². The van der Waals surface area contributed by atoms with Gasteiger partial charge in [-0.2, -0.15) is 0 Å². The number of allylic oxidation sites excluding steroid dienone is 2. The number of phenolic OH excluding ortho intramolecular Hbond substituents is 1. The van der Waals surface area contributed by atoms with E-state index in [9.17, 15) is 20.0 Å². The lowest BCUT2D eigenvalue weighted by molar-refractivity contribution is -0.385. The Labute approximate surface area is 186 Å². The van der Waals surface area contributed by atoms with Crippen molar-refractivity contribution in [3.63, 3.8) is 0 Å². The van der Waals surface area contributed by atoms with Crippen LogP contribution in [0.4, 0.5) is 11.4 Å². The van der Waals surface area contributed by atoms with Crippen molar-refractivity contribution in [3.8, 4) is 5.75 Å². The Morgan fingerprint density at radius 2 is 1.88 bits per heavy atom. The van der Waals surface area contributed by atoms with Crippen LogP contribution >= 0.6 is 0 Å². The second kappa shape index (κ2) is 8.30. The van der Waals surface area contributed by atoms with Crippen molar-refractivity contribution in [2.24, 2.45) is 5.92 Å². The quantitative estimate of drug-likeness (QED) is 0.397. The van der Waals surface area contributed by atoms with E-state index in [2.05, 4.69) is 23.5 Å². The van der Waals surface area contributed by atoms with Gasteiger partial charge in [-0.25, -0.2) is 0 Å². The molecule has 2 N–H and O–H groups in total. The normalized spacial score (nSPS) is 24.2. The Bertz CT molecular complexity index is 1090. The predicted octanol–water partition coefficient (Wildman–Crippen LogP) is 5.14. The van der Waals surface area contributed by atoms with Crippen LogP contribution in [0.15, 0.2) is 48.6 Å². The number of para-hydroxylation sites is 1. The van der Waals surface area contributed by atoms with Crippen LogP contribution in [0.1, 0.15) is 65.5 Å². The largest absolute Gasteiger partial charge is 0.508 e. The van der Waals surface area contributed by atoms with Gasteiger partial charge in [-0.3, -0.25) is 14.9 Å². The molecular formula is C25H27N3O4. The molecule has 2 aliphatic heterocycles. The highest BCUT2D eigenvalue weighted by Gasteiger charge is 2.41. The van der Waals surface area contributed by atoms with Gasteiger partial charge >= 0.3 is 0 Å². The van der Waals surface area contributed by atoms with Crippen molar-refractivity contribution in [2.45, 2.75) is 44.1 Å². The molecule has 0 saturated carbocycles. The zero-order chi connectivity index (χ0) is 22.2. The summed E-state index contributed by atoms with van der Waals surface area (Å²) in [5.74, 6) is 0.253. The number of anilines is 1. The summed E-state index contributed by atoms with van der Waals surface area (Å²) in [6.07, 6.45) is 9.42. The Balaban J connectivity index is 1.57. The maximum atomic E-state index is 13.5. The van der Waals surface area contributed by atoms with Gasteiger partial charge in [0.05, 0.1) is 22.2 Å². The van der Waals surface area contributed by atoms with Crippen molar-refractivity contribution >= 4 is 17.3 Å². The summed E-state index contributed by atoms with van der Waals surface area (Å²) in [6, 6.07) is 9.68. The van der Waals surface area contributed by atoms with Gasteiger partial charge in [-0.1, -0.05) is 37.1 Å². The van der Waals surface area contributed by atoms with Crippen molar-refractivity contribution in [1.82, 2.24) is 4.90 Å². The number of amides is 1. The number of carbonyl (C=O) groups is 1. The molecule has 32 heavy (non-hydrogen) atoms. The minimum atomic E-state index is -0.446. The van der Waals surface area contributed by atoms with E-state index in [1.165, 1.54) is 18.2 Å². The van der Waals surface area contributed by atoms with E-state index in [-0.39, 0.29) is 35.2 Å². The molecule has 0 bridgehead atoms. The molecule has 0 aromatic heterocycles. The van der Waals surface area contributed by atoms with E-state index in [1.54, 1.807) is 0 Å². The SMILES string of the molecule is O=C(c1cccc2c1NC(c1cc([N+](=O)[O-])ccc1O)C1CC=CC21)N1CCCCCC1. The summed E-state index contributed by atoms with van der Waals surface area (Å²) in [5.41, 5.74) is 2.94. The van der Waals surface area contributed by atoms with Gasteiger partial charge in [0, 0.05) is 36.7 Å². The molecule has 166 valence electrons. The molecule has 0 spiro atoms. The smallest absolute Gasteiger partial charge is 0.270 e. The number of phenols is 1. The Hall–Kier alpha value is -3.35. The fourth-order valence-corrected chi connectivity index (χ4v) is 5.46. The van der Waals surface area contributed by atoms with Crippen molar-refractivity contribution < 1.29 is 14.8 Å². The zero-order valence-electron chi connectivity index (χ0n) is 17.9. The van der Waals surface area contributed by atoms with Crippen LogP contribution in [-0.4, -0.2) is 33.9 Å². The minimum absolute atomic E-state index is 0.0264. The maximum Gasteiger partial charge on any atom is 0.270 e. The summed E-state index contributed by atoms with van der Waals surface area (Å²) in [5, 5.41) is 25.5. The van der Waals surface area contributed by atoms with Crippen LogP contribution < -0.4 is 5.32 Å². The van der Waals surface area contributed by atoms with Gasteiger partial charge in [0.2, 0.25) is 0 Å². The molecule has 1 fully saturated rings. The van der Waals surface area contributed by atoms with Crippen molar-refractivity contribution in [3.05, 3.63) is 75.4 Å². The van der Waals surface area contributed by atoms with Gasteiger partial charge in [0.25, 0.3) is 11.6 Å². The molecule has 3 aliphatic rings. The highest BCUT2D eigenvalue weighted by molar-refractivity contribution is 6.01. The molecule has 1 saturated heterocycles. The molecular weight excluding hydrogens is 406 g/mol. The van der Waals surface area contributed by atoms with Gasteiger partial charge in [-0.05, 0) is 42.9 Å². The molecule has 7 nitrogen and oxygen atoms in total. The van der Waals surface area contributed by atoms with Crippen LogP contribution in [0.5, 0.6) is 5.75 Å². The van der Waals surface area contributed by atoms with Crippen LogP contribution in [0.3, 0.4) is 0 Å². The van der Waals surface area contributed by atoms with Crippen LogP contribution in [0.2, 0.25) is 0 Å². The number of nitrogens with one attached hydrogen (secondary N) is 1. The number of rotatable bonds is 3.